The third-order valence-corrected chi connectivity index (χ3v) is 8.52. The van der Waals surface area contributed by atoms with Crippen LogP contribution in [0.4, 0.5) is 0 Å². The van der Waals surface area contributed by atoms with Gasteiger partial charge in [-0.3, -0.25) is 9.59 Å². The monoisotopic (exact) mass is 581 g/mol. The molecule has 0 bridgehead atoms. The molecule has 0 heterocycles. The Morgan fingerprint density at radius 3 is 1.17 bits per heavy atom. The second-order valence-corrected chi connectivity index (χ2v) is 12.8. The Labute approximate surface area is 251 Å². The molecule has 7 heteroatoms. The van der Waals surface area contributed by atoms with Crippen LogP contribution in [0.25, 0.3) is 0 Å². The summed E-state index contributed by atoms with van der Waals surface area (Å²) in [6, 6.07) is 0. The van der Waals surface area contributed by atoms with Crippen molar-refractivity contribution in [3.05, 3.63) is 12.7 Å². The zero-order valence-corrected chi connectivity index (χ0v) is 26.8. The van der Waals surface area contributed by atoms with E-state index in [0.717, 1.165) is 25.7 Å². The molecule has 41 heavy (non-hydrogen) atoms. The molecule has 0 spiro atoms. The van der Waals surface area contributed by atoms with Crippen LogP contribution in [0.1, 0.15) is 143 Å². The molecule has 0 radical (unpaired) electrons. The Morgan fingerprint density at radius 1 is 0.585 bits per heavy atom. The molecule has 0 rings (SSSR count). The van der Waals surface area contributed by atoms with Crippen LogP contribution in [0.2, 0.25) is 0 Å². The maximum Gasteiger partial charge on any atom is 0.311 e. The molecule has 7 nitrogen and oxygen atoms in total. The lowest BCUT2D eigenvalue weighted by Gasteiger charge is -2.43. The molecule has 0 amide bonds. The lowest BCUT2D eigenvalue weighted by atomic mass is 10.00. The topological polar surface area (TPSA) is 115 Å². The van der Waals surface area contributed by atoms with E-state index in [2.05, 4.69) is 6.58 Å². The number of unbranched alkanes of at least 4 members (excludes halogenated alkanes) is 18. The van der Waals surface area contributed by atoms with Gasteiger partial charge in [-0.25, -0.2) is 0 Å². The Hall–Kier alpha value is -1.89. The Bertz CT molecular complexity index is 654. The van der Waals surface area contributed by atoms with Gasteiger partial charge in [-0.15, -0.1) is 6.58 Å². The minimum absolute atomic E-state index is 0.187. The summed E-state index contributed by atoms with van der Waals surface area (Å²) < 4.78 is 0.187. The predicted octanol–water partition coefficient (Wildman–Crippen LogP) is 7.23. The van der Waals surface area contributed by atoms with Crippen molar-refractivity contribution < 1.29 is 34.2 Å². The third kappa shape index (κ3) is 21.5. The van der Waals surface area contributed by atoms with E-state index < -0.39 is 35.7 Å². The Balaban J connectivity index is 4.20. The van der Waals surface area contributed by atoms with Crippen LogP contribution in [0.15, 0.2) is 12.7 Å². The van der Waals surface area contributed by atoms with Crippen molar-refractivity contribution in [2.24, 2.45) is 17.8 Å². The number of rotatable bonds is 30. The van der Waals surface area contributed by atoms with Crippen LogP contribution in [0.3, 0.4) is 0 Å². The van der Waals surface area contributed by atoms with Gasteiger partial charge in [-0.1, -0.05) is 109 Å². The molecule has 0 fully saturated rings. The van der Waals surface area contributed by atoms with E-state index >= 15 is 0 Å². The maximum absolute atomic E-state index is 11.6. The fraction of sp³-hybridized carbons (Fsp3) is 0.853. The molecule has 0 aliphatic rings. The Kier molecular flexibility index (Phi) is 23.5. The molecule has 3 atom stereocenters. The van der Waals surface area contributed by atoms with Gasteiger partial charge in [-0.05, 0) is 39.5 Å². The first-order valence-electron chi connectivity index (χ1n) is 16.7. The number of carboxylic acids is 3. The van der Waals surface area contributed by atoms with Gasteiger partial charge in [0, 0.05) is 11.9 Å². The quantitative estimate of drug-likeness (QED) is 0.0525. The minimum Gasteiger partial charge on any atom is -0.550 e. The number of aliphatic carboxylic acids is 3. The number of quaternary nitrogens is 1. The molecular weight excluding hydrogens is 518 g/mol. The number of allylic oxidation sites excluding steroid dienone is 1. The average molecular weight is 582 g/mol. The fourth-order valence-electron chi connectivity index (χ4n) is 6.04. The number of hydrogen-bond donors (Lipinski definition) is 2. The van der Waals surface area contributed by atoms with Crippen LogP contribution in [-0.2, 0) is 14.4 Å². The van der Waals surface area contributed by atoms with E-state index in [1.165, 1.54) is 96.3 Å². The SMILES string of the molecule is C=CCCCCCCCCCCCCCCCCCCCC[N+](CC(C)C(=O)[O-])(CC(C)C(=O)O)CC(C)C(=O)O. The van der Waals surface area contributed by atoms with Crippen LogP contribution in [0, 0.1) is 17.8 Å². The highest BCUT2D eigenvalue weighted by molar-refractivity contribution is 5.70. The van der Waals surface area contributed by atoms with Gasteiger partial charge in [0.05, 0.1) is 26.2 Å². The molecule has 2 N–H and O–H groups in total. The zero-order chi connectivity index (χ0) is 30.9. The first-order chi connectivity index (χ1) is 19.5. The lowest BCUT2D eigenvalue weighted by Crippen LogP contribution is -2.58. The molecule has 0 aliphatic heterocycles. The minimum atomic E-state index is -1.18. The van der Waals surface area contributed by atoms with Gasteiger partial charge in [0.1, 0.15) is 11.8 Å². The molecular formula is C34H63NO6. The molecule has 0 aromatic rings. The number of nitrogens with zero attached hydrogens (tertiary/aromatic N) is 1. The summed E-state index contributed by atoms with van der Waals surface area (Å²) in [4.78, 5) is 34.8. The molecule has 0 aliphatic carbocycles. The second-order valence-electron chi connectivity index (χ2n) is 12.8. The largest absolute Gasteiger partial charge is 0.550 e. The standard InChI is InChI=1S/C34H63NO6/c1-5-6-7-8-9-10-11-12-13-14-15-16-17-18-19-20-21-22-23-24-25-35(26-29(2)32(36)37,27-30(3)33(38)39)28-31(4)34(40)41/h5,29-31H,1,6-28H2,2-4H3,(H2-,36,37,38,39,40,41). The van der Waals surface area contributed by atoms with Crippen molar-refractivity contribution >= 4 is 17.9 Å². The van der Waals surface area contributed by atoms with Gasteiger partial charge in [0.25, 0.3) is 0 Å². The van der Waals surface area contributed by atoms with E-state index in [4.69, 9.17) is 0 Å². The summed E-state index contributed by atoms with van der Waals surface area (Å²) in [7, 11) is 0. The van der Waals surface area contributed by atoms with Crippen LogP contribution in [0.5, 0.6) is 0 Å². The summed E-state index contributed by atoms with van der Waals surface area (Å²) in [5.41, 5.74) is 0. The summed E-state index contributed by atoms with van der Waals surface area (Å²) in [6.07, 6.45) is 26.0. The van der Waals surface area contributed by atoms with Crippen molar-refractivity contribution in [1.29, 1.82) is 0 Å². The highest BCUT2D eigenvalue weighted by Gasteiger charge is 2.36. The molecule has 3 unspecified atom stereocenters. The molecule has 240 valence electrons. The average Bonchev–Trinajstić information content (AvgIpc) is 2.91. The predicted molar refractivity (Wildman–Crippen MR) is 165 cm³/mol. The summed E-state index contributed by atoms with van der Waals surface area (Å²) in [6.45, 7) is 9.78. The van der Waals surface area contributed by atoms with E-state index in [0.29, 0.717) is 6.54 Å². The van der Waals surface area contributed by atoms with Crippen molar-refractivity contribution in [2.45, 2.75) is 143 Å². The highest BCUT2D eigenvalue weighted by Crippen LogP contribution is 2.22. The number of carboxylic acid groups (broad SMARTS) is 3. The van der Waals surface area contributed by atoms with Crippen molar-refractivity contribution in [1.82, 2.24) is 0 Å². The van der Waals surface area contributed by atoms with E-state index in [1.54, 1.807) is 20.8 Å². The van der Waals surface area contributed by atoms with Gasteiger partial charge in [-0.2, -0.15) is 0 Å². The van der Waals surface area contributed by atoms with Gasteiger partial charge >= 0.3 is 11.9 Å². The molecule has 0 aromatic carbocycles. The van der Waals surface area contributed by atoms with E-state index in [1.807, 2.05) is 6.08 Å². The van der Waals surface area contributed by atoms with Crippen LogP contribution in [-0.4, -0.2) is 58.8 Å². The van der Waals surface area contributed by atoms with Crippen molar-refractivity contribution in [3.63, 3.8) is 0 Å². The highest BCUT2D eigenvalue weighted by atomic mass is 16.4. The first kappa shape index (κ1) is 39.1. The second kappa shape index (κ2) is 24.7. The fourth-order valence-corrected chi connectivity index (χ4v) is 6.04. The zero-order valence-electron chi connectivity index (χ0n) is 26.8. The number of carbonyl (C=O) groups is 3. The maximum atomic E-state index is 11.6. The smallest absolute Gasteiger partial charge is 0.311 e. The molecule has 0 saturated heterocycles. The van der Waals surface area contributed by atoms with Gasteiger partial charge in [0.2, 0.25) is 0 Å². The first-order valence-corrected chi connectivity index (χ1v) is 16.7. The number of carbonyl (C=O) groups excluding carboxylic acids is 1. The van der Waals surface area contributed by atoms with Crippen LogP contribution < -0.4 is 5.11 Å². The van der Waals surface area contributed by atoms with Gasteiger partial charge in [0.15, 0.2) is 0 Å². The van der Waals surface area contributed by atoms with E-state index in [9.17, 15) is 29.7 Å². The van der Waals surface area contributed by atoms with Gasteiger partial charge < -0.3 is 24.6 Å². The molecule has 0 aromatic heterocycles. The van der Waals surface area contributed by atoms with Crippen LogP contribution >= 0.6 is 0 Å². The normalized spacial score (nSPS) is 15.1. The Morgan fingerprint density at radius 2 is 0.878 bits per heavy atom. The third-order valence-electron chi connectivity index (χ3n) is 8.52. The molecule has 0 saturated carbocycles. The lowest BCUT2D eigenvalue weighted by molar-refractivity contribution is -0.934. The van der Waals surface area contributed by atoms with Crippen molar-refractivity contribution in [2.75, 3.05) is 26.2 Å². The van der Waals surface area contributed by atoms with Crippen molar-refractivity contribution in [3.8, 4) is 0 Å². The number of hydrogen-bond acceptors (Lipinski definition) is 4. The summed E-state index contributed by atoms with van der Waals surface area (Å²) >= 11 is 0. The summed E-state index contributed by atoms with van der Waals surface area (Å²) in [5, 5.41) is 30.5. The summed E-state index contributed by atoms with van der Waals surface area (Å²) in [5.74, 6) is -5.23. The van der Waals surface area contributed by atoms with E-state index in [-0.39, 0.29) is 24.1 Å².